The number of hydrogen-bond donors (Lipinski definition) is 2. The molecule has 274 valence electrons. The highest BCUT2D eigenvalue weighted by molar-refractivity contribution is 7.16. The molecule has 2 unspecified atom stereocenters. The van der Waals surface area contributed by atoms with Gasteiger partial charge in [-0.1, -0.05) is 5.21 Å². The number of amides is 1. The zero-order valence-electron chi connectivity index (χ0n) is 30.3. The summed E-state index contributed by atoms with van der Waals surface area (Å²) < 4.78 is 3.29. The number of nitrogens with zero attached hydrogens (tertiary/aromatic N) is 13. The number of fused-ring (bicyclic) bond motifs is 5. The first-order chi connectivity index (χ1) is 25.6. The number of likely N-dealkylation sites (tertiary alicyclic amines) is 1. The molecule has 3 fully saturated rings. The third kappa shape index (κ3) is 5.35. The molecule has 3 N–H and O–H groups in total. The van der Waals surface area contributed by atoms with Gasteiger partial charge in [0.05, 0.1) is 16.8 Å². The van der Waals surface area contributed by atoms with E-state index in [1.54, 1.807) is 11.3 Å². The Morgan fingerprint density at radius 2 is 1.91 bits per heavy atom. The van der Waals surface area contributed by atoms with Crippen LogP contribution in [-0.4, -0.2) is 102 Å². The maximum absolute atomic E-state index is 13.6. The van der Waals surface area contributed by atoms with Gasteiger partial charge in [-0.15, -0.1) is 21.5 Å². The summed E-state index contributed by atoms with van der Waals surface area (Å²) in [6.07, 6.45) is 7.62. The van der Waals surface area contributed by atoms with Crippen LogP contribution in [0, 0.1) is 34.5 Å². The van der Waals surface area contributed by atoms with Crippen molar-refractivity contribution in [1.29, 1.82) is 10.5 Å². The first-order valence-corrected chi connectivity index (χ1v) is 19.4. The lowest BCUT2D eigenvalue weighted by molar-refractivity contribution is 0.0543. The van der Waals surface area contributed by atoms with Gasteiger partial charge < -0.3 is 25.8 Å². The molecule has 0 bridgehead atoms. The van der Waals surface area contributed by atoms with Crippen molar-refractivity contribution in [2.24, 2.45) is 11.8 Å². The first kappa shape index (κ1) is 33.7. The van der Waals surface area contributed by atoms with Crippen molar-refractivity contribution in [3.05, 3.63) is 39.9 Å². The van der Waals surface area contributed by atoms with Gasteiger partial charge >= 0.3 is 6.03 Å². The van der Waals surface area contributed by atoms with E-state index in [0.717, 1.165) is 106 Å². The Balaban J connectivity index is 1.08. The van der Waals surface area contributed by atoms with Crippen LogP contribution in [0.25, 0.3) is 11.4 Å². The Kier molecular flexibility index (Phi) is 7.94. The topological polar surface area (TPSA) is 200 Å². The number of hydrogen-bond acceptors (Lipinski definition) is 14. The predicted molar refractivity (Wildman–Crippen MR) is 197 cm³/mol. The number of thiophene rings is 1. The second kappa shape index (κ2) is 12.5. The Morgan fingerprint density at radius 1 is 1.09 bits per heavy atom. The van der Waals surface area contributed by atoms with E-state index in [1.807, 2.05) is 11.0 Å². The molecule has 4 aromatic rings. The molecule has 16 nitrogen and oxygen atoms in total. The fourth-order valence-electron chi connectivity index (χ4n) is 9.76. The summed E-state index contributed by atoms with van der Waals surface area (Å²) in [4.78, 5) is 35.7. The Labute approximate surface area is 311 Å². The van der Waals surface area contributed by atoms with Crippen LogP contribution >= 0.6 is 11.3 Å². The molecule has 4 aromatic heterocycles. The van der Waals surface area contributed by atoms with Crippen LogP contribution < -0.4 is 20.9 Å². The first-order valence-electron chi connectivity index (χ1n) is 18.6. The largest absolute Gasteiger partial charge is 0.389 e. The lowest BCUT2D eigenvalue weighted by atomic mass is 9.73. The maximum atomic E-state index is 13.6. The van der Waals surface area contributed by atoms with E-state index in [1.165, 1.54) is 15.9 Å². The van der Waals surface area contributed by atoms with Crippen LogP contribution in [-0.2, 0) is 18.4 Å². The van der Waals surface area contributed by atoms with Gasteiger partial charge in [0.1, 0.15) is 40.7 Å². The van der Waals surface area contributed by atoms with Crippen LogP contribution in [0.5, 0.6) is 0 Å². The number of piperazine rings is 1. The summed E-state index contributed by atoms with van der Waals surface area (Å²) in [5, 5.41) is 37.3. The quantitative estimate of drug-likeness (QED) is 0.312. The zero-order valence-corrected chi connectivity index (χ0v) is 31.1. The molecule has 0 aromatic carbocycles. The minimum Gasteiger partial charge on any atom is -0.389 e. The summed E-state index contributed by atoms with van der Waals surface area (Å²) in [6.45, 7) is 11.0. The molecule has 17 heteroatoms. The number of nitrogens with two attached hydrogens (primary N) is 1. The van der Waals surface area contributed by atoms with E-state index < -0.39 is 11.1 Å². The van der Waals surface area contributed by atoms with Gasteiger partial charge in [-0.3, -0.25) is 0 Å². The number of anilines is 3. The summed E-state index contributed by atoms with van der Waals surface area (Å²) in [6, 6.07) is 6.34. The molecule has 0 radical (unpaired) electrons. The molecular weight excluding hydrogens is 691 g/mol. The van der Waals surface area contributed by atoms with Crippen molar-refractivity contribution in [3.63, 3.8) is 0 Å². The van der Waals surface area contributed by atoms with E-state index >= 15 is 0 Å². The minimum absolute atomic E-state index is 0.0248. The number of rotatable bonds is 3. The SMILES string of the molecule is C[C@H]1CNCCN1c1nc(-c2nnn3c2CCC[C@@]32CCCc3sc(N)c(C#N)c32)cc(N2CC3CN(C(=O)n4cnc(C#N)n4)C(C)(C)CC3C2)n1. The number of carbonyl (C=O) groups excluding carboxylic acids is 1. The van der Waals surface area contributed by atoms with Gasteiger partial charge in [0.2, 0.25) is 5.95 Å². The van der Waals surface area contributed by atoms with Crippen LogP contribution in [0.4, 0.5) is 21.6 Å². The normalized spacial score (nSPS) is 26.1. The summed E-state index contributed by atoms with van der Waals surface area (Å²) in [5.41, 5.74) is 9.76. The Bertz CT molecular complexity index is 2190. The molecule has 9 rings (SSSR count). The summed E-state index contributed by atoms with van der Waals surface area (Å²) in [5.74, 6) is 2.08. The van der Waals surface area contributed by atoms with Gasteiger partial charge in [-0.2, -0.15) is 20.2 Å². The third-order valence-corrected chi connectivity index (χ3v) is 13.4. The molecule has 3 saturated heterocycles. The fraction of sp³-hybridized carbons (Fsp3) is 0.583. The van der Waals surface area contributed by atoms with Crippen LogP contribution in [0.3, 0.4) is 0 Å². The molecular formula is C36H43N15OS. The fourth-order valence-corrected chi connectivity index (χ4v) is 10.9. The van der Waals surface area contributed by atoms with Crippen molar-refractivity contribution < 1.29 is 4.79 Å². The molecule has 0 saturated carbocycles. The molecule has 4 aliphatic heterocycles. The number of nitrogen functional groups attached to an aromatic ring is 1. The highest BCUT2D eigenvalue weighted by atomic mass is 32.1. The zero-order chi connectivity index (χ0) is 36.6. The van der Waals surface area contributed by atoms with Gasteiger partial charge in [0.15, 0.2) is 0 Å². The summed E-state index contributed by atoms with van der Waals surface area (Å²) >= 11 is 1.55. The highest BCUT2D eigenvalue weighted by Crippen LogP contribution is 2.51. The average molecular weight is 734 g/mol. The van der Waals surface area contributed by atoms with E-state index in [9.17, 15) is 15.3 Å². The van der Waals surface area contributed by atoms with Crippen LogP contribution in [0.2, 0.25) is 0 Å². The van der Waals surface area contributed by atoms with Crippen molar-refractivity contribution in [3.8, 4) is 23.5 Å². The molecule has 1 amide bonds. The highest BCUT2D eigenvalue weighted by Gasteiger charge is 2.49. The molecule has 5 aliphatic rings. The minimum atomic E-state index is -0.444. The van der Waals surface area contributed by atoms with Crippen molar-refractivity contribution in [2.45, 2.75) is 82.8 Å². The van der Waals surface area contributed by atoms with Gasteiger partial charge in [-0.25, -0.2) is 19.4 Å². The van der Waals surface area contributed by atoms with E-state index in [2.05, 4.69) is 62.8 Å². The number of aromatic nitrogens is 8. The number of aryl methyl sites for hydroxylation is 1. The molecule has 53 heavy (non-hydrogen) atoms. The van der Waals surface area contributed by atoms with E-state index in [4.69, 9.17) is 26.0 Å². The van der Waals surface area contributed by atoms with Crippen LogP contribution in [0.15, 0.2) is 12.4 Å². The second-order valence-electron chi connectivity index (χ2n) is 15.9. The molecule has 1 spiro atoms. The van der Waals surface area contributed by atoms with Gasteiger partial charge in [0, 0.05) is 67.4 Å². The van der Waals surface area contributed by atoms with Gasteiger partial charge in [0.25, 0.3) is 5.82 Å². The van der Waals surface area contributed by atoms with E-state index in [0.29, 0.717) is 29.0 Å². The molecule has 4 atom stereocenters. The maximum Gasteiger partial charge on any atom is 0.346 e. The van der Waals surface area contributed by atoms with E-state index in [-0.39, 0.29) is 23.8 Å². The standard InChI is InChI=1S/C36H43N15OS/c1-21-16-40-10-11-48(21)33-42-25(31-26-6-4-8-36(51(26)46-44-31)9-5-7-27-30(36)24(14-37)32(39)53-27)12-29(43-33)47-17-22-13-35(2,3)49(19-23(22)18-47)34(52)50-20-41-28(15-38)45-50/h12,20-23,40H,4-11,13,16-19,39H2,1-3H3/t21-,22?,23?,36-/m0/s1. The number of piperidine rings is 1. The lowest BCUT2D eigenvalue weighted by Gasteiger charge is -2.46. The number of nitrogens with one attached hydrogen (secondary N) is 1. The molecule has 8 heterocycles. The molecule has 1 aliphatic carbocycles. The number of carbonyl (C=O) groups is 1. The number of nitriles is 2. The predicted octanol–water partition coefficient (Wildman–Crippen LogP) is 3.13. The van der Waals surface area contributed by atoms with Crippen molar-refractivity contribution in [2.75, 3.05) is 54.8 Å². The lowest BCUT2D eigenvalue weighted by Crippen LogP contribution is -2.57. The van der Waals surface area contributed by atoms with Crippen molar-refractivity contribution >= 4 is 34.1 Å². The monoisotopic (exact) mass is 733 g/mol. The smallest absolute Gasteiger partial charge is 0.346 e. The van der Waals surface area contributed by atoms with Gasteiger partial charge in [-0.05, 0) is 77.6 Å². The Hall–Kier alpha value is -5.13. The van der Waals surface area contributed by atoms with Crippen molar-refractivity contribution in [1.82, 2.24) is 49.9 Å². The second-order valence-corrected chi connectivity index (χ2v) is 17.0. The average Bonchev–Trinajstić information content (AvgIpc) is 3.96. The Morgan fingerprint density at radius 3 is 2.68 bits per heavy atom. The summed E-state index contributed by atoms with van der Waals surface area (Å²) in [7, 11) is 0. The van der Waals surface area contributed by atoms with Crippen LogP contribution in [0.1, 0.15) is 80.4 Å². The third-order valence-electron chi connectivity index (χ3n) is 12.3.